The van der Waals surface area contributed by atoms with Crippen LogP contribution in [0.4, 0.5) is 5.69 Å². The second-order valence-electron chi connectivity index (χ2n) is 6.36. The molecule has 3 rings (SSSR count). The normalized spacial score (nSPS) is 10.6. The number of ether oxygens (including phenoxy) is 1. The standard InChI is InChI=1S/C22H22N2O3/c1-2-3-14-27-22(26)18-8-10-20(11-9-18)23-21(25)16-24-13-12-17-6-4-5-7-19(17)15-24/h4-13,15H,2-3,14,16H2,1H3/p+1. The average molecular weight is 363 g/mol. The summed E-state index contributed by atoms with van der Waals surface area (Å²) >= 11 is 0. The molecule has 2 aromatic carbocycles. The van der Waals surface area contributed by atoms with Crippen molar-refractivity contribution in [2.24, 2.45) is 0 Å². The summed E-state index contributed by atoms with van der Waals surface area (Å²) < 4.78 is 7.02. The molecule has 0 unspecified atom stereocenters. The van der Waals surface area contributed by atoms with Crippen molar-refractivity contribution in [3.63, 3.8) is 0 Å². The summed E-state index contributed by atoms with van der Waals surface area (Å²) in [6.07, 6.45) is 5.67. The maximum atomic E-state index is 12.3. The molecule has 5 heteroatoms. The highest BCUT2D eigenvalue weighted by Gasteiger charge is 2.11. The van der Waals surface area contributed by atoms with Crippen molar-refractivity contribution in [1.29, 1.82) is 0 Å². The number of anilines is 1. The number of amides is 1. The number of nitrogens with zero attached hydrogens (tertiary/aromatic N) is 1. The van der Waals surface area contributed by atoms with E-state index >= 15 is 0 Å². The van der Waals surface area contributed by atoms with Crippen molar-refractivity contribution in [1.82, 2.24) is 0 Å². The monoisotopic (exact) mass is 363 g/mol. The van der Waals surface area contributed by atoms with E-state index in [0.717, 1.165) is 23.6 Å². The predicted octanol–water partition coefficient (Wildman–Crippen LogP) is 3.72. The molecule has 27 heavy (non-hydrogen) atoms. The maximum absolute atomic E-state index is 12.3. The van der Waals surface area contributed by atoms with Crippen LogP contribution in [0.1, 0.15) is 30.1 Å². The fourth-order valence-corrected chi connectivity index (χ4v) is 2.72. The van der Waals surface area contributed by atoms with E-state index in [9.17, 15) is 9.59 Å². The lowest BCUT2D eigenvalue weighted by molar-refractivity contribution is -0.682. The number of hydrogen-bond donors (Lipinski definition) is 1. The molecule has 0 aliphatic rings. The molecule has 0 bridgehead atoms. The maximum Gasteiger partial charge on any atom is 0.338 e. The van der Waals surface area contributed by atoms with Gasteiger partial charge in [-0.3, -0.25) is 4.79 Å². The van der Waals surface area contributed by atoms with E-state index < -0.39 is 0 Å². The largest absolute Gasteiger partial charge is 0.462 e. The van der Waals surface area contributed by atoms with Crippen molar-refractivity contribution in [2.45, 2.75) is 26.3 Å². The van der Waals surface area contributed by atoms with E-state index in [-0.39, 0.29) is 18.4 Å². The predicted molar refractivity (Wildman–Crippen MR) is 104 cm³/mol. The molecule has 0 fully saturated rings. The smallest absolute Gasteiger partial charge is 0.338 e. The quantitative estimate of drug-likeness (QED) is 0.395. The van der Waals surface area contributed by atoms with Crippen molar-refractivity contribution in [3.8, 4) is 0 Å². The summed E-state index contributed by atoms with van der Waals surface area (Å²) in [5.41, 5.74) is 1.12. The van der Waals surface area contributed by atoms with Crippen LogP contribution in [-0.2, 0) is 16.1 Å². The molecule has 1 heterocycles. The van der Waals surface area contributed by atoms with Crippen LogP contribution in [-0.4, -0.2) is 18.5 Å². The second kappa shape index (κ2) is 8.94. The Morgan fingerprint density at radius 3 is 2.48 bits per heavy atom. The second-order valence-corrected chi connectivity index (χ2v) is 6.36. The van der Waals surface area contributed by atoms with E-state index in [4.69, 9.17) is 4.74 Å². The first-order valence-corrected chi connectivity index (χ1v) is 9.10. The molecular formula is C22H23N2O3+. The average Bonchev–Trinajstić information content (AvgIpc) is 2.68. The van der Waals surface area contributed by atoms with Gasteiger partial charge < -0.3 is 10.1 Å². The van der Waals surface area contributed by atoms with Crippen molar-refractivity contribution >= 4 is 28.3 Å². The fourth-order valence-electron chi connectivity index (χ4n) is 2.72. The molecule has 5 nitrogen and oxygen atoms in total. The third-order valence-corrected chi connectivity index (χ3v) is 4.21. The third-order valence-electron chi connectivity index (χ3n) is 4.21. The Hall–Kier alpha value is -3.21. The van der Waals surface area contributed by atoms with Crippen LogP contribution in [0.25, 0.3) is 10.8 Å². The highest BCUT2D eigenvalue weighted by molar-refractivity contribution is 5.92. The number of unbranched alkanes of at least 4 members (excludes halogenated alkanes) is 1. The molecule has 0 radical (unpaired) electrons. The van der Waals surface area contributed by atoms with Crippen molar-refractivity contribution in [2.75, 3.05) is 11.9 Å². The van der Waals surface area contributed by atoms with Gasteiger partial charge in [0.1, 0.15) is 0 Å². The minimum Gasteiger partial charge on any atom is -0.462 e. The molecule has 0 aliphatic carbocycles. The number of esters is 1. The Morgan fingerprint density at radius 2 is 1.74 bits per heavy atom. The zero-order valence-corrected chi connectivity index (χ0v) is 15.4. The van der Waals surface area contributed by atoms with E-state index in [1.165, 1.54) is 0 Å². The minimum absolute atomic E-state index is 0.131. The summed E-state index contributed by atoms with van der Waals surface area (Å²) in [5, 5.41) is 5.06. The van der Waals surface area contributed by atoms with Gasteiger partial charge in [-0.05, 0) is 42.1 Å². The molecule has 0 aliphatic heterocycles. The summed E-state index contributed by atoms with van der Waals surface area (Å²) in [6, 6.07) is 16.7. The molecule has 0 atom stereocenters. The number of rotatable bonds is 7. The van der Waals surface area contributed by atoms with Crippen LogP contribution in [0.15, 0.2) is 67.0 Å². The lowest BCUT2D eigenvalue weighted by Crippen LogP contribution is -2.39. The molecule has 1 amide bonds. The summed E-state index contributed by atoms with van der Waals surface area (Å²) in [4.78, 5) is 24.2. The van der Waals surface area contributed by atoms with E-state index in [2.05, 4.69) is 5.32 Å². The van der Waals surface area contributed by atoms with Crippen LogP contribution in [0, 0.1) is 0 Å². The number of pyridine rings is 1. The Bertz CT molecular complexity index is 936. The van der Waals surface area contributed by atoms with Crippen LogP contribution in [0.2, 0.25) is 0 Å². The molecular weight excluding hydrogens is 340 g/mol. The Kier molecular flexibility index (Phi) is 6.15. The van der Waals surface area contributed by atoms with Crippen molar-refractivity contribution < 1.29 is 18.9 Å². The fraction of sp³-hybridized carbons (Fsp3) is 0.227. The summed E-state index contributed by atoms with van der Waals surface area (Å²) in [5.74, 6) is -0.471. The van der Waals surface area contributed by atoms with Gasteiger partial charge in [-0.25, -0.2) is 4.79 Å². The minimum atomic E-state index is -0.340. The van der Waals surface area contributed by atoms with Gasteiger partial charge in [-0.2, -0.15) is 4.57 Å². The van der Waals surface area contributed by atoms with Gasteiger partial charge in [0.05, 0.1) is 12.2 Å². The van der Waals surface area contributed by atoms with Gasteiger partial charge in [0.15, 0.2) is 12.4 Å². The first-order valence-electron chi connectivity index (χ1n) is 9.10. The number of aromatic nitrogens is 1. The van der Waals surface area contributed by atoms with E-state index in [0.29, 0.717) is 17.9 Å². The van der Waals surface area contributed by atoms with Gasteiger partial charge >= 0.3 is 5.97 Å². The van der Waals surface area contributed by atoms with Crippen LogP contribution >= 0.6 is 0 Å². The first-order chi connectivity index (χ1) is 13.2. The molecule has 0 saturated carbocycles. The Labute approximate surface area is 158 Å². The Morgan fingerprint density at radius 1 is 1.00 bits per heavy atom. The molecule has 138 valence electrons. The van der Waals surface area contributed by atoms with Gasteiger partial charge in [0.25, 0.3) is 5.91 Å². The molecule has 1 aromatic heterocycles. The number of fused-ring (bicyclic) bond motifs is 1. The van der Waals surface area contributed by atoms with Crippen molar-refractivity contribution in [3.05, 3.63) is 72.6 Å². The van der Waals surface area contributed by atoms with Gasteiger partial charge in [0.2, 0.25) is 6.54 Å². The molecule has 0 saturated heterocycles. The SMILES string of the molecule is CCCCOC(=O)c1ccc(NC(=O)C[n+]2ccc3ccccc3c2)cc1. The number of nitrogens with one attached hydrogen (secondary N) is 1. The van der Waals surface area contributed by atoms with Crippen LogP contribution in [0.5, 0.6) is 0 Å². The van der Waals surface area contributed by atoms with Gasteiger partial charge in [0, 0.05) is 17.1 Å². The summed E-state index contributed by atoms with van der Waals surface area (Å²) in [6.45, 7) is 2.68. The van der Waals surface area contributed by atoms with Gasteiger partial charge in [-0.15, -0.1) is 0 Å². The van der Waals surface area contributed by atoms with E-state index in [1.54, 1.807) is 24.3 Å². The summed E-state index contributed by atoms with van der Waals surface area (Å²) in [7, 11) is 0. The lowest BCUT2D eigenvalue weighted by Gasteiger charge is -2.06. The zero-order valence-electron chi connectivity index (χ0n) is 15.4. The van der Waals surface area contributed by atoms with Crippen LogP contribution < -0.4 is 9.88 Å². The number of benzene rings is 2. The third kappa shape index (κ3) is 5.14. The molecule has 1 N–H and O–H groups in total. The number of carbonyl (C=O) groups is 2. The lowest BCUT2D eigenvalue weighted by atomic mass is 10.2. The first kappa shape index (κ1) is 18.6. The highest BCUT2D eigenvalue weighted by atomic mass is 16.5. The number of hydrogen-bond acceptors (Lipinski definition) is 3. The number of carbonyl (C=O) groups excluding carboxylic acids is 2. The molecule has 0 spiro atoms. The molecule has 3 aromatic rings. The zero-order chi connectivity index (χ0) is 19.1. The van der Waals surface area contributed by atoms with E-state index in [1.807, 2.05) is 54.2 Å². The Balaban J connectivity index is 1.57. The van der Waals surface area contributed by atoms with Crippen LogP contribution in [0.3, 0.4) is 0 Å². The topological polar surface area (TPSA) is 59.3 Å². The highest BCUT2D eigenvalue weighted by Crippen LogP contribution is 2.12. The van der Waals surface area contributed by atoms with Gasteiger partial charge in [-0.1, -0.05) is 31.5 Å².